The molecule has 2 atom stereocenters. The predicted octanol–water partition coefficient (Wildman–Crippen LogP) is 2.10. The molecule has 2 aliphatic heterocycles. The minimum Gasteiger partial charge on any atom is -0.352 e. The van der Waals surface area contributed by atoms with E-state index in [1.807, 2.05) is 11.9 Å². The Morgan fingerprint density at radius 3 is 2.82 bits per heavy atom. The monoisotopic (exact) mass is 383 g/mol. The van der Waals surface area contributed by atoms with Gasteiger partial charge in [-0.1, -0.05) is 24.3 Å². The van der Waals surface area contributed by atoms with E-state index in [1.165, 1.54) is 30.4 Å². The highest BCUT2D eigenvalue weighted by atomic mass is 16.2. The summed E-state index contributed by atoms with van der Waals surface area (Å²) in [5.74, 6) is 1.15. The largest absolute Gasteiger partial charge is 0.352 e. The maximum absolute atomic E-state index is 11.9. The molecule has 0 bridgehead atoms. The number of carbonyl (C=O) groups excluding carboxylic acids is 1. The van der Waals surface area contributed by atoms with Crippen LogP contribution in [0.1, 0.15) is 50.2 Å². The van der Waals surface area contributed by atoms with Crippen molar-refractivity contribution in [3.63, 3.8) is 0 Å². The van der Waals surface area contributed by atoms with Crippen molar-refractivity contribution in [1.29, 1.82) is 0 Å². The Hall–Kier alpha value is -2.08. The van der Waals surface area contributed by atoms with Gasteiger partial charge in [-0.2, -0.15) is 0 Å². The quantitative estimate of drug-likeness (QED) is 0.583. The van der Waals surface area contributed by atoms with Gasteiger partial charge in [-0.25, -0.2) is 0 Å². The molecule has 1 aromatic rings. The molecule has 3 fully saturated rings. The summed E-state index contributed by atoms with van der Waals surface area (Å²) in [5, 5.41) is 7.06. The van der Waals surface area contributed by atoms with E-state index in [1.54, 1.807) is 0 Å². The molecule has 4 rings (SSSR count). The fourth-order valence-corrected chi connectivity index (χ4v) is 4.58. The summed E-state index contributed by atoms with van der Waals surface area (Å²) < 4.78 is 0. The second-order valence-corrected chi connectivity index (χ2v) is 8.52. The number of hydrogen-bond donors (Lipinski definition) is 2. The van der Waals surface area contributed by atoms with E-state index in [0.29, 0.717) is 18.5 Å². The number of guanidine groups is 1. The number of nitrogens with one attached hydrogen (secondary N) is 2. The van der Waals surface area contributed by atoms with E-state index in [-0.39, 0.29) is 5.91 Å². The first-order chi connectivity index (χ1) is 13.6. The van der Waals surface area contributed by atoms with Gasteiger partial charge in [0.15, 0.2) is 5.96 Å². The van der Waals surface area contributed by atoms with E-state index in [2.05, 4.69) is 51.7 Å². The van der Waals surface area contributed by atoms with E-state index in [0.717, 1.165) is 44.6 Å². The zero-order valence-corrected chi connectivity index (χ0v) is 17.2. The summed E-state index contributed by atoms with van der Waals surface area (Å²) in [6.45, 7) is 5.79. The van der Waals surface area contributed by atoms with Gasteiger partial charge < -0.3 is 15.5 Å². The van der Waals surface area contributed by atoms with Gasteiger partial charge in [0.2, 0.25) is 5.91 Å². The van der Waals surface area contributed by atoms with Crippen LogP contribution in [0.15, 0.2) is 29.3 Å². The number of hydrogen-bond acceptors (Lipinski definition) is 3. The minimum absolute atomic E-state index is 0.277. The van der Waals surface area contributed by atoms with Gasteiger partial charge in [-0.15, -0.1) is 0 Å². The van der Waals surface area contributed by atoms with Crippen LogP contribution in [0.4, 0.5) is 0 Å². The Morgan fingerprint density at radius 2 is 2.11 bits per heavy atom. The smallest absolute Gasteiger partial charge is 0.222 e. The normalized spacial score (nSPS) is 26.1. The average Bonchev–Trinajstić information content (AvgIpc) is 3.36. The van der Waals surface area contributed by atoms with Crippen LogP contribution in [0.2, 0.25) is 0 Å². The maximum Gasteiger partial charge on any atom is 0.222 e. The first-order valence-electron chi connectivity index (χ1n) is 10.7. The van der Waals surface area contributed by atoms with E-state index in [9.17, 15) is 4.79 Å². The van der Waals surface area contributed by atoms with E-state index >= 15 is 0 Å². The fraction of sp³-hybridized carbons (Fsp3) is 0.636. The molecule has 1 saturated carbocycles. The Kier molecular flexibility index (Phi) is 5.85. The molecule has 1 aliphatic carbocycles. The van der Waals surface area contributed by atoms with E-state index < -0.39 is 0 Å². The van der Waals surface area contributed by atoms with Crippen molar-refractivity contribution in [1.82, 2.24) is 20.4 Å². The van der Waals surface area contributed by atoms with E-state index in [4.69, 9.17) is 0 Å². The molecular formula is C22H33N5O. The van der Waals surface area contributed by atoms with Crippen LogP contribution in [-0.2, 0) is 17.9 Å². The van der Waals surface area contributed by atoms with Crippen molar-refractivity contribution in [2.75, 3.05) is 20.1 Å². The van der Waals surface area contributed by atoms with Gasteiger partial charge >= 0.3 is 0 Å². The SMILES string of the molecule is CN=C(NCc1cccc(CN2CCCC2=O)c1)NC1CC(C)N(C2CC2)C1. The minimum atomic E-state index is 0.277. The molecule has 152 valence electrons. The summed E-state index contributed by atoms with van der Waals surface area (Å²) in [6, 6.07) is 10.5. The zero-order chi connectivity index (χ0) is 19.5. The molecule has 3 aliphatic rings. The Labute approximate surface area is 168 Å². The molecular weight excluding hydrogens is 350 g/mol. The number of aliphatic imine (C=N–C) groups is 1. The number of likely N-dealkylation sites (tertiary alicyclic amines) is 2. The number of nitrogens with zero attached hydrogens (tertiary/aromatic N) is 3. The second-order valence-electron chi connectivity index (χ2n) is 8.52. The Morgan fingerprint density at radius 1 is 1.29 bits per heavy atom. The molecule has 0 aromatic heterocycles. The van der Waals surface area contributed by atoms with Crippen molar-refractivity contribution in [3.8, 4) is 0 Å². The third kappa shape index (κ3) is 4.66. The van der Waals surface area contributed by atoms with Crippen LogP contribution in [0.3, 0.4) is 0 Å². The fourth-order valence-electron chi connectivity index (χ4n) is 4.58. The highest BCUT2D eigenvalue weighted by molar-refractivity contribution is 5.80. The van der Waals surface area contributed by atoms with Gasteiger partial charge in [0.1, 0.15) is 0 Å². The first-order valence-corrected chi connectivity index (χ1v) is 10.7. The molecule has 2 saturated heterocycles. The van der Waals surface area contributed by atoms with Gasteiger partial charge in [0.05, 0.1) is 0 Å². The number of amides is 1. The summed E-state index contributed by atoms with van der Waals surface area (Å²) in [4.78, 5) is 20.9. The summed E-state index contributed by atoms with van der Waals surface area (Å²) in [6.07, 6.45) is 5.59. The van der Waals surface area contributed by atoms with Crippen molar-refractivity contribution < 1.29 is 4.79 Å². The molecule has 2 unspecified atom stereocenters. The zero-order valence-electron chi connectivity index (χ0n) is 17.2. The van der Waals surface area contributed by atoms with Crippen molar-refractivity contribution in [3.05, 3.63) is 35.4 Å². The van der Waals surface area contributed by atoms with Crippen molar-refractivity contribution in [2.24, 2.45) is 4.99 Å². The molecule has 6 heteroatoms. The number of carbonyl (C=O) groups is 1. The lowest BCUT2D eigenvalue weighted by molar-refractivity contribution is -0.128. The number of benzene rings is 1. The average molecular weight is 384 g/mol. The second kappa shape index (κ2) is 8.52. The standard InChI is InChI=1S/C22H33N5O/c1-16-11-19(15-27(16)20-8-9-20)25-22(23-2)24-13-17-5-3-6-18(12-17)14-26-10-4-7-21(26)28/h3,5-6,12,16,19-20H,4,7-11,13-15H2,1-2H3,(H2,23,24,25). The van der Waals surface area contributed by atoms with Gasteiger partial charge in [0.25, 0.3) is 0 Å². The Bertz CT molecular complexity index is 729. The molecule has 2 heterocycles. The van der Waals surface area contributed by atoms with Crippen molar-refractivity contribution >= 4 is 11.9 Å². The molecule has 28 heavy (non-hydrogen) atoms. The molecule has 0 radical (unpaired) electrons. The maximum atomic E-state index is 11.9. The summed E-state index contributed by atoms with van der Waals surface area (Å²) in [7, 11) is 1.84. The third-order valence-electron chi connectivity index (χ3n) is 6.20. The molecule has 2 N–H and O–H groups in total. The summed E-state index contributed by atoms with van der Waals surface area (Å²) >= 11 is 0. The van der Waals surface area contributed by atoms with Gasteiger partial charge in [-0.3, -0.25) is 14.7 Å². The molecule has 6 nitrogen and oxygen atoms in total. The lowest BCUT2D eigenvalue weighted by Gasteiger charge is -2.20. The highest BCUT2D eigenvalue weighted by Crippen LogP contribution is 2.33. The summed E-state index contributed by atoms with van der Waals surface area (Å²) in [5.41, 5.74) is 2.41. The van der Waals surface area contributed by atoms with Crippen molar-refractivity contribution in [2.45, 2.75) is 70.2 Å². The third-order valence-corrected chi connectivity index (χ3v) is 6.20. The van der Waals surface area contributed by atoms with Crippen LogP contribution in [0.5, 0.6) is 0 Å². The van der Waals surface area contributed by atoms with Crippen LogP contribution >= 0.6 is 0 Å². The van der Waals surface area contributed by atoms with Crippen LogP contribution in [-0.4, -0.2) is 59.9 Å². The lowest BCUT2D eigenvalue weighted by Crippen LogP contribution is -2.44. The highest BCUT2D eigenvalue weighted by Gasteiger charge is 2.38. The first kappa shape index (κ1) is 19.2. The molecule has 1 aromatic carbocycles. The number of rotatable bonds is 6. The van der Waals surface area contributed by atoms with Gasteiger partial charge in [0, 0.05) is 57.8 Å². The van der Waals surface area contributed by atoms with Crippen LogP contribution in [0.25, 0.3) is 0 Å². The topological polar surface area (TPSA) is 60.0 Å². The molecule has 0 spiro atoms. The Balaban J connectivity index is 1.28. The van der Waals surface area contributed by atoms with Gasteiger partial charge in [-0.05, 0) is 43.7 Å². The predicted molar refractivity (Wildman–Crippen MR) is 112 cm³/mol. The van der Waals surface area contributed by atoms with Crippen LogP contribution in [0, 0.1) is 0 Å². The van der Waals surface area contributed by atoms with Crippen LogP contribution < -0.4 is 10.6 Å². The molecule has 1 amide bonds. The lowest BCUT2D eigenvalue weighted by atomic mass is 10.1.